The monoisotopic (exact) mass is 331 g/mol. The molecule has 1 unspecified atom stereocenters. The summed E-state index contributed by atoms with van der Waals surface area (Å²) >= 11 is 0. The summed E-state index contributed by atoms with van der Waals surface area (Å²) in [5, 5.41) is 5.97. The van der Waals surface area contributed by atoms with Crippen LogP contribution >= 0.6 is 0 Å². The molecule has 1 aromatic rings. The van der Waals surface area contributed by atoms with Gasteiger partial charge in [-0.1, -0.05) is 25.0 Å². The van der Waals surface area contributed by atoms with Crippen LogP contribution in [0.2, 0.25) is 0 Å². The molecule has 1 saturated heterocycles. The molecule has 1 heterocycles. The Labute approximate surface area is 142 Å². The van der Waals surface area contributed by atoms with E-state index in [-0.39, 0.29) is 24.0 Å². The Morgan fingerprint density at radius 3 is 2.62 bits per heavy atom. The number of rotatable bonds is 4. The summed E-state index contributed by atoms with van der Waals surface area (Å²) in [6.07, 6.45) is 6.01. The first-order valence-electron chi connectivity index (χ1n) is 8.70. The third-order valence-corrected chi connectivity index (χ3v) is 4.87. The lowest BCUT2D eigenvalue weighted by atomic mass is 10.1. The number of carbonyl (C=O) groups excluding carboxylic acids is 2. The van der Waals surface area contributed by atoms with Gasteiger partial charge in [0.15, 0.2) is 0 Å². The summed E-state index contributed by atoms with van der Waals surface area (Å²) in [7, 11) is 1.57. The predicted octanol–water partition coefficient (Wildman–Crippen LogP) is 2.75. The Balaban J connectivity index is 1.63. The van der Waals surface area contributed by atoms with Gasteiger partial charge in [-0.15, -0.1) is 0 Å². The molecule has 3 amide bonds. The van der Waals surface area contributed by atoms with E-state index >= 15 is 0 Å². The van der Waals surface area contributed by atoms with Crippen LogP contribution < -0.4 is 15.4 Å². The van der Waals surface area contributed by atoms with Crippen LogP contribution in [0.3, 0.4) is 0 Å². The number of urea groups is 1. The van der Waals surface area contributed by atoms with Crippen LogP contribution in [0.4, 0.5) is 10.5 Å². The van der Waals surface area contributed by atoms with Gasteiger partial charge in [0.05, 0.1) is 12.8 Å². The maximum atomic E-state index is 12.6. The van der Waals surface area contributed by atoms with Crippen LogP contribution in [0.5, 0.6) is 5.75 Å². The van der Waals surface area contributed by atoms with Crippen LogP contribution in [-0.2, 0) is 4.79 Å². The van der Waals surface area contributed by atoms with Gasteiger partial charge in [0, 0.05) is 12.6 Å². The van der Waals surface area contributed by atoms with E-state index < -0.39 is 0 Å². The lowest BCUT2D eigenvalue weighted by molar-refractivity contribution is -0.125. The lowest BCUT2D eigenvalue weighted by Crippen LogP contribution is -2.49. The van der Waals surface area contributed by atoms with Crippen LogP contribution in [-0.4, -0.2) is 42.6 Å². The van der Waals surface area contributed by atoms with Crippen molar-refractivity contribution in [2.24, 2.45) is 0 Å². The molecule has 6 nitrogen and oxygen atoms in total. The van der Waals surface area contributed by atoms with Crippen LogP contribution in [0.1, 0.15) is 38.5 Å². The lowest BCUT2D eigenvalue weighted by Gasteiger charge is -2.26. The van der Waals surface area contributed by atoms with Crippen molar-refractivity contribution in [3.8, 4) is 5.75 Å². The number of benzene rings is 1. The van der Waals surface area contributed by atoms with Crippen LogP contribution in [0.25, 0.3) is 0 Å². The third kappa shape index (κ3) is 3.63. The number of carbonyl (C=O) groups is 2. The van der Waals surface area contributed by atoms with E-state index in [1.807, 2.05) is 12.1 Å². The van der Waals surface area contributed by atoms with Gasteiger partial charge < -0.3 is 20.3 Å². The molecule has 0 radical (unpaired) electrons. The Morgan fingerprint density at radius 1 is 1.12 bits per heavy atom. The van der Waals surface area contributed by atoms with Crippen molar-refractivity contribution in [3.05, 3.63) is 24.3 Å². The molecule has 2 N–H and O–H groups in total. The standard InChI is InChI=1S/C18H25N3O3/c1-24-16-11-5-4-9-14(16)20-18(23)21-12-6-10-15(21)17(22)19-13-7-2-3-8-13/h4-5,9,11,13,15H,2-3,6-8,10,12H2,1H3,(H,19,22)(H,20,23). The van der Waals surface area contributed by atoms with Gasteiger partial charge >= 0.3 is 6.03 Å². The zero-order valence-corrected chi connectivity index (χ0v) is 14.1. The average molecular weight is 331 g/mol. The van der Waals surface area contributed by atoms with Gasteiger partial charge in [-0.2, -0.15) is 0 Å². The highest BCUT2D eigenvalue weighted by molar-refractivity contribution is 5.95. The molecule has 24 heavy (non-hydrogen) atoms. The fourth-order valence-corrected chi connectivity index (χ4v) is 3.58. The summed E-state index contributed by atoms with van der Waals surface area (Å²) in [5.74, 6) is 0.589. The molecule has 2 fully saturated rings. The van der Waals surface area contributed by atoms with Crippen molar-refractivity contribution in [1.29, 1.82) is 0 Å². The van der Waals surface area contributed by atoms with E-state index in [2.05, 4.69) is 10.6 Å². The molecule has 0 spiro atoms. The SMILES string of the molecule is COc1ccccc1NC(=O)N1CCCC1C(=O)NC1CCCC1. The molecule has 1 aromatic carbocycles. The van der Waals surface area contributed by atoms with Gasteiger partial charge in [0.1, 0.15) is 11.8 Å². The molecule has 3 rings (SSSR count). The number of ether oxygens (including phenoxy) is 1. The first-order chi connectivity index (χ1) is 11.7. The fraction of sp³-hybridized carbons (Fsp3) is 0.556. The minimum absolute atomic E-state index is 0.0189. The summed E-state index contributed by atoms with van der Waals surface area (Å²) in [5.41, 5.74) is 0.617. The Kier molecular flexibility index (Phi) is 5.23. The first kappa shape index (κ1) is 16.6. The zero-order valence-electron chi connectivity index (χ0n) is 14.1. The van der Waals surface area contributed by atoms with Gasteiger partial charge in [-0.05, 0) is 37.8 Å². The van der Waals surface area contributed by atoms with E-state index in [9.17, 15) is 9.59 Å². The Morgan fingerprint density at radius 2 is 1.88 bits per heavy atom. The Hall–Kier alpha value is -2.24. The predicted molar refractivity (Wildman–Crippen MR) is 92.1 cm³/mol. The number of methoxy groups -OCH3 is 1. The number of nitrogens with zero attached hydrogens (tertiary/aromatic N) is 1. The quantitative estimate of drug-likeness (QED) is 0.891. The Bertz CT molecular complexity index is 599. The highest BCUT2D eigenvalue weighted by Gasteiger charge is 2.35. The number of nitrogens with one attached hydrogen (secondary N) is 2. The number of hydrogen-bond acceptors (Lipinski definition) is 3. The van der Waals surface area contributed by atoms with Crippen molar-refractivity contribution in [3.63, 3.8) is 0 Å². The second-order valence-electron chi connectivity index (χ2n) is 6.47. The van der Waals surface area contributed by atoms with Crippen molar-refractivity contribution < 1.29 is 14.3 Å². The molecule has 2 aliphatic rings. The molecule has 6 heteroatoms. The van der Waals surface area contributed by atoms with Gasteiger partial charge in [-0.25, -0.2) is 4.79 Å². The minimum Gasteiger partial charge on any atom is -0.495 e. The molecule has 0 bridgehead atoms. The molecule has 1 aliphatic heterocycles. The van der Waals surface area contributed by atoms with E-state index in [1.165, 1.54) is 12.8 Å². The van der Waals surface area contributed by atoms with E-state index in [0.717, 1.165) is 25.7 Å². The summed E-state index contributed by atoms with van der Waals surface area (Å²) in [4.78, 5) is 26.8. The minimum atomic E-state index is -0.375. The second kappa shape index (κ2) is 7.55. The van der Waals surface area contributed by atoms with Gasteiger partial charge in [0.2, 0.25) is 5.91 Å². The molecule has 1 atom stereocenters. The van der Waals surface area contributed by atoms with Crippen LogP contribution in [0, 0.1) is 0 Å². The zero-order chi connectivity index (χ0) is 16.9. The maximum Gasteiger partial charge on any atom is 0.322 e. The topological polar surface area (TPSA) is 70.7 Å². The highest BCUT2D eigenvalue weighted by Crippen LogP contribution is 2.26. The second-order valence-corrected chi connectivity index (χ2v) is 6.47. The van der Waals surface area contributed by atoms with Crippen molar-refractivity contribution >= 4 is 17.6 Å². The van der Waals surface area contributed by atoms with Gasteiger partial charge in [-0.3, -0.25) is 4.79 Å². The van der Waals surface area contributed by atoms with Crippen LogP contribution in [0.15, 0.2) is 24.3 Å². The summed E-state index contributed by atoms with van der Waals surface area (Å²) in [6.45, 7) is 0.601. The van der Waals surface area contributed by atoms with E-state index in [0.29, 0.717) is 18.0 Å². The van der Waals surface area contributed by atoms with Crippen molar-refractivity contribution in [2.45, 2.75) is 50.6 Å². The maximum absolute atomic E-state index is 12.6. The normalized spacial score (nSPS) is 20.9. The van der Waals surface area contributed by atoms with Gasteiger partial charge in [0.25, 0.3) is 0 Å². The fourth-order valence-electron chi connectivity index (χ4n) is 3.58. The number of para-hydroxylation sites is 2. The number of hydrogen-bond donors (Lipinski definition) is 2. The largest absolute Gasteiger partial charge is 0.495 e. The molecule has 0 aromatic heterocycles. The summed E-state index contributed by atoms with van der Waals surface area (Å²) in [6, 6.07) is 6.93. The third-order valence-electron chi connectivity index (χ3n) is 4.87. The van der Waals surface area contributed by atoms with Crippen molar-refractivity contribution in [1.82, 2.24) is 10.2 Å². The average Bonchev–Trinajstić information content (AvgIpc) is 3.26. The number of anilines is 1. The molecular formula is C18H25N3O3. The molecule has 1 saturated carbocycles. The van der Waals surface area contributed by atoms with E-state index in [4.69, 9.17) is 4.74 Å². The van der Waals surface area contributed by atoms with E-state index in [1.54, 1.807) is 24.1 Å². The highest BCUT2D eigenvalue weighted by atomic mass is 16.5. The first-order valence-corrected chi connectivity index (χ1v) is 8.70. The molecule has 1 aliphatic carbocycles. The summed E-state index contributed by atoms with van der Waals surface area (Å²) < 4.78 is 5.26. The van der Waals surface area contributed by atoms with Crippen molar-refractivity contribution in [2.75, 3.05) is 19.0 Å². The molecule has 130 valence electrons. The number of amides is 3. The number of likely N-dealkylation sites (tertiary alicyclic amines) is 1. The smallest absolute Gasteiger partial charge is 0.322 e. The molecular weight excluding hydrogens is 306 g/mol.